The molecule has 15 heavy (non-hydrogen) atoms. The third-order valence-electron chi connectivity index (χ3n) is 2.95. The molecule has 76 valence electrons. The Hall–Kier alpha value is -1.56. The summed E-state index contributed by atoms with van der Waals surface area (Å²) in [7, 11) is 0. The van der Waals surface area contributed by atoms with Crippen LogP contribution in [0.3, 0.4) is 0 Å². The lowest BCUT2D eigenvalue weighted by atomic mass is 9.90. The molecular weight excluding hydrogens is 180 g/mol. The van der Waals surface area contributed by atoms with Crippen molar-refractivity contribution in [3.63, 3.8) is 0 Å². The molecule has 0 saturated heterocycles. The molecule has 0 bridgehead atoms. The second-order valence-electron chi connectivity index (χ2n) is 3.99. The van der Waals surface area contributed by atoms with E-state index in [2.05, 4.69) is 68.4 Å². The number of aryl methyl sites for hydroxylation is 1. The zero-order chi connectivity index (χ0) is 10.7. The molecule has 2 aromatic rings. The van der Waals surface area contributed by atoms with Gasteiger partial charge >= 0.3 is 0 Å². The van der Waals surface area contributed by atoms with E-state index in [0.29, 0.717) is 5.92 Å². The summed E-state index contributed by atoms with van der Waals surface area (Å²) in [6.07, 6.45) is 0. The highest BCUT2D eigenvalue weighted by molar-refractivity contribution is 5.36. The predicted molar refractivity (Wildman–Crippen MR) is 65.1 cm³/mol. The highest BCUT2D eigenvalue weighted by Crippen LogP contribution is 2.25. The van der Waals surface area contributed by atoms with E-state index in [-0.39, 0.29) is 0 Å². The van der Waals surface area contributed by atoms with Gasteiger partial charge in [-0.1, -0.05) is 61.5 Å². The van der Waals surface area contributed by atoms with Crippen molar-refractivity contribution in [2.24, 2.45) is 0 Å². The fraction of sp³-hybridized carbons (Fsp3) is 0.200. The molecule has 0 nitrogen and oxygen atoms in total. The first-order chi connectivity index (χ1) is 7.29. The van der Waals surface area contributed by atoms with Crippen molar-refractivity contribution >= 4 is 0 Å². The lowest BCUT2D eigenvalue weighted by Crippen LogP contribution is -1.97. The van der Waals surface area contributed by atoms with Crippen molar-refractivity contribution in [2.75, 3.05) is 0 Å². The molecule has 0 N–H and O–H groups in total. The summed E-state index contributed by atoms with van der Waals surface area (Å²) in [5.41, 5.74) is 4.17. The normalized spacial score (nSPS) is 12.4. The Bertz CT molecular complexity index is 429. The van der Waals surface area contributed by atoms with Gasteiger partial charge in [0.25, 0.3) is 0 Å². The summed E-state index contributed by atoms with van der Waals surface area (Å²) in [6.45, 7) is 4.44. The monoisotopic (exact) mass is 196 g/mol. The van der Waals surface area contributed by atoms with Gasteiger partial charge in [0.1, 0.15) is 0 Å². The van der Waals surface area contributed by atoms with E-state index in [1.165, 1.54) is 16.7 Å². The SMILES string of the molecule is Cc1ccccc1[C@H](C)c1ccccc1. The summed E-state index contributed by atoms with van der Waals surface area (Å²) in [6, 6.07) is 19.2. The third kappa shape index (κ3) is 2.10. The van der Waals surface area contributed by atoms with Crippen molar-refractivity contribution in [2.45, 2.75) is 19.8 Å². The van der Waals surface area contributed by atoms with Crippen LogP contribution in [0.4, 0.5) is 0 Å². The van der Waals surface area contributed by atoms with Crippen LogP contribution in [0.25, 0.3) is 0 Å². The third-order valence-corrected chi connectivity index (χ3v) is 2.95. The zero-order valence-electron chi connectivity index (χ0n) is 9.27. The average Bonchev–Trinajstić information content (AvgIpc) is 2.30. The summed E-state index contributed by atoms with van der Waals surface area (Å²) in [5.74, 6) is 0.479. The molecule has 0 aromatic heterocycles. The molecule has 1 atom stereocenters. The van der Waals surface area contributed by atoms with Crippen LogP contribution >= 0.6 is 0 Å². The molecule has 0 radical (unpaired) electrons. The molecule has 0 amide bonds. The summed E-state index contributed by atoms with van der Waals surface area (Å²) < 4.78 is 0. The van der Waals surface area contributed by atoms with E-state index in [1.54, 1.807) is 0 Å². The van der Waals surface area contributed by atoms with Gasteiger partial charge in [-0.05, 0) is 23.6 Å². The Balaban J connectivity index is 2.37. The zero-order valence-corrected chi connectivity index (χ0v) is 9.27. The topological polar surface area (TPSA) is 0 Å². The Kier molecular flexibility index (Phi) is 2.86. The fourth-order valence-corrected chi connectivity index (χ4v) is 1.99. The van der Waals surface area contributed by atoms with Crippen LogP contribution < -0.4 is 0 Å². The Morgan fingerprint density at radius 2 is 1.40 bits per heavy atom. The summed E-state index contributed by atoms with van der Waals surface area (Å²) in [4.78, 5) is 0. The lowest BCUT2D eigenvalue weighted by molar-refractivity contribution is 0.910. The molecule has 0 heterocycles. The molecule has 2 rings (SSSR count). The van der Waals surface area contributed by atoms with Crippen molar-refractivity contribution < 1.29 is 0 Å². The minimum atomic E-state index is 0.479. The van der Waals surface area contributed by atoms with Gasteiger partial charge in [-0.15, -0.1) is 0 Å². The first-order valence-electron chi connectivity index (χ1n) is 5.39. The lowest BCUT2D eigenvalue weighted by Gasteiger charge is -2.14. The number of rotatable bonds is 2. The van der Waals surface area contributed by atoms with Crippen molar-refractivity contribution in [1.29, 1.82) is 0 Å². The molecular formula is C15H16. The predicted octanol–water partition coefficient (Wildman–Crippen LogP) is 4.15. The number of benzene rings is 2. The van der Waals surface area contributed by atoms with E-state index < -0.39 is 0 Å². The second kappa shape index (κ2) is 4.31. The van der Waals surface area contributed by atoms with Crippen LogP contribution in [0.5, 0.6) is 0 Å². The van der Waals surface area contributed by atoms with Crippen LogP contribution in [-0.2, 0) is 0 Å². The van der Waals surface area contributed by atoms with Gasteiger partial charge < -0.3 is 0 Å². The molecule has 0 aliphatic rings. The van der Waals surface area contributed by atoms with Gasteiger partial charge in [0.15, 0.2) is 0 Å². The number of hydrogen-bond acceptors (Lipinski definition) is 0. The van der Waals surface area contributed by atoms with Gasteiger partial charge in [-0.25, -0.2) is 0 Å². The summed E-state index contributed by atoms with van der Waals surface area (Å²) >= 11 is 0. The largest absolute Gasteiger partial charge is 0.0622 e. The standard InChI is InChI=1S/C15H16/c1-12-8-6-7-11-15(12)13(2)14-9-4-3-5-10-14/h3-11,13H,1-2H3/t13-/m1/s1. The first kappa shape index (κ1) is 9.97. The van der Waals surface area contributed by atoms with Crippen LogP contribution in [0, 0.1) is 6.92 Å². The molecule has 2 aromatic carbocycles. The van der Waals surface area contributed by atoms with Crippen molar-refractivity contribution in [1.82, 2.24) is 0 Å². The molecule has 0 aliphatic heterocycles. The van der Waals surface area contributed by atoms with E-state index >= 15 is 0 Å². The van der Waals surface area contributed by atoms with E-state index in [9.17, 15) is 0 Å². The van der Waals surface area contributed by atoms with Crippen molar-refractivity contribution in [3.8, 4) is 0 Å². The van der Waals surface area contributed by atoms with Gasteiger partial charge in [-0.2, -0.15) is 0 Å². The maximum atomic E-state index is 2.26. The van der Waals surface area contributed by atoms with Crippen LogP contribution in [0.2, 0.25) is 0 Å². The Labute approximate surface area is 91.6 Å². The van der Waals surface area contributed by atoms with E-state index in [1.807, 2.05) is 0 Å². The number of hydrogen-bond donors (Lipinski definition) is 0. The minimum Gasteiger partial charge on any atom is -0.0622 e. The molecule has 0 spiro atoms. The van der Waals surface area contributed by atoms with Gasteiger partial charge in [-0.3, -0.25) is 0 Å². The molecule has 0 fully saturated rings. The van der Waals surface area contributed by atoms with Gasteiger partial charge in [0.2, 0.25) is 0 Å². The average molecular weight is 196 g/mol. The highest BCUT2D eigenvalue weighted by atomic mass is 14.1. The Morgan fingerprint density at radius 1 is 0.800 bits per heavy atom. The Morgan fingerprint density at radius 3 is 2.07 bits per heavy atom. The van der Waals surface area contributed by atoms with Gasteiger partial charge in [0.05, 0.1) is 0 Å². The second-order valence-corrected chi connectivity index (χ2v) is 3.99. The molecule has 0 saturated carbocycles. The molecule has 0 heteroatoms. The molecule has 0 aliphatic carbocycles. The summed E-state index contributed by atoms with van der Waals surface area (Å²) in [5, 5.41) is 0. The maximum absolute atomic E-state index is 2.26. The van der Waals surface area contributed by atoms with Gasteiger partial charge in [0, 0.05) is 5.92 Å². The first-order valence-corrected chi connectivity index (χ1v) is 5.39. The highest BCUT2D eigenvalue weighted by Gasteiger charge is 2.09. The van der Waals surface area contributed by atoms with Crippen LogP contribution in [-0.4, -0.2) is 0 Å². The quantitative estimate of drug-likeness (QED) is 0.677. The van der Waals surface area contributed by atoms with Crippen molar-refractivity contribution in [3.05, 3.63) is 71.3 Å². The minimum absolute atomic E-state index is 0.479. The maximum Gasteiger partial charge on any atom is 0.00636 e. The van der Waals surface area contributed by atoms with E-state index in [0.717, 1.165) is 0 Å². The van der Waals surface area contributed by atoms with E-state index in [4.69, 9.17) is 0 Å². The van der Waals surface area contributed by atoms with Crippen LogP contribution in [0.1, 0.15) is 29.5 Å². The smallest absolute Gasteiger partial charge is 0.00636 e. The fourth-order valence-electron chi connectivity index (χ4n) is 1.99. The molecule has 0 unspecified atom stereocenters. The van der Waals surface area contributed by atoms with Crippen LogP contribution in [0.15, 0.2) is 54.6 Å².